The predicted octanol–water partition coefficient (Wildman–Crippen LogP) is 1.53. The first-order valence-electron chi connectivity index (χ1n) is 4.84. The van der Waals surface area contributed by atoms with Gasteiger partial charge in [0.15, 0.2) is 0 Å². The molecule has 0 aliphatic heterocycles. The Labute approximate surface area is 80.1 Å². The minimum atomic E-state index is 0.461. The van der Waals surface area contributed by atoms with Gasteiger partial charge in [0.1, 0.15) is 0 Å². The Morgan fingerprint density at radius 1 is 1.54 bits per heavy atom. The molecular formula is C10H19N3. The van der Waals surface area contributed by atoms with Crippen LogP contribution in [0.3, 0.4) is 0 Å². The third-order valence-corrected chi connectivity index (χ3v) is 2.09. The summed E-state index contributed by atoms with van der Waals surface area (Å²) in [5, 5.41) is 7.65. The van der Waals surface area contributed by atoms with Crippen molar-refractivity contribution in [2.45, 2.75) is 33.2 Å². The molecule has 3 nitrogen and oxygen atoms in total. The lowest BCUT2D eigenvalue weighted by Crippen LogP contribution is -2.11. The van der Waals surface area contributed by atoms with Crippen molar-refractivity contribution < 1.29 is 0 Å². The van der Waals surface area contributed by atoms with Crippen molar-refractivity contribution in [2.75, 3.05) is 13.6 Å². The molecule has 1 N–H and O–H groups in total. The van der Waals surface area contributed by atoms with Gasteiger partial charge in [-0.25, -0.2) is 0 Å². The number of hydrogen-bond acceptors (Lipinski definition) is 2. The Morgan fingerprint density at radius 3 is 2.69 bits per heavy atom. The molecule has 0 saturated heterocycles. The fraction of sp³-hybridized carbons (Fsp3) is 0.700. The minimum Gasteiger partial charge on any atom is -0.319 e. The van der Waals surface area contributed by atoms with E-state index >= 15 is 0 Å². The molecule has 3 heteroatoms. The number of nitrogens with zero attached hydrogens (tertiary/aromatic N) is 2. The molecule has 1 rings (SSSR count). The van der Waals surface area contributed by atoms with Crippen LogP contribution in [0.1, 0.15) is 31.3 Å². The van der Waals surface area contributed by atoms with Gasteiger partial charge in [0.25, 0.3) is 0 Å². The van der Waals surface area contributed by atoms with Crippen LogP contribution < -0.4 is 5.32 Å². The van der Waals surface area contributed by atoms with E-state index in [2.05, 4.69) is 41.9 Å². The average Bonchev–Trinajstić information content (AvgIpc) is 2.43. The van der Waals surface area contributed by atoms with Gasteiger partial charge in [0.2, 0.25) is 0 Å². The Kier molecular flexibility index (Phi) is 3.48. The van der Waals surface area contributed by atoms with Crippen molar-refractivity contribution in [3.8, 4) is 0 Å². The van der Waals surface area contributed by atoms with Crippen molar-refractivity contribution in [1.82, 2.24) is 15.1 Å². The summed E-state index contributed by atoms with van der Waals surface area (Å²) in [6.07, 6.45) is 1.01. The van der Waals surface area contributed by atoms with E-state index in [1.54, 1.807) is 0 Å². The van der Waals surface area contributed by atoms with Gasteiger partial charge < -0.3 is 5.32 Å². The number of aryl methyl sites for hydroxylation is 1. The van der Waals surface area contributed by atoms with Crippen molar-refractivity contribution in [1.29, 1.82) is 0 Å². The summed E-state index contributed by atoms with van der Waals surface area (Å²) < 4.78 is 2.07. The van der Waals surface area contributed by atoms with E-state index in [1.165, 1.54) is 11.4 Å². The predicted molar refractivity (Wildman–Crippen MR) is 55.0 cm³/mol. The van der Waals surface area contributed by atoms with Crippen molar-refractivity contribution in [3.63, 3.8) is 0 Å². The fourth-order valence-corrected chi connectivity index (χ4v) is 1.45. The highest BCUT2D eigenvalue weighted by Crippen LogP contribution is 2.10. The van der Waals surface area contributed by atoms with Gasteiger partial charge in [-0.3, -0.25) is 4.68 Å². The number of likely N-dealkylation sites (N-methyl/N-ethyl adjacent to an activating group) is 1. The molecule has 0 radical (unpaired) electrons. The molecule has 0 aliphatic rings. The third kappa shape index (κ3) is 2.56. The molecule has 1 heterocycles. The standard InChI is InChI=1S/C10H19N3/c1-8(2)13-9(3)7-10(12-13)5-6-11-4/h7-8,11H,5-6H2,1-4H3. The van der Waals surface area contributed by atoms with E-state index in [9.17, 15) is 0 Å². The number of aromatic nitrogens is 2. The molecule has 13 heavy (non-hydrogen) atoms. The van der Waals surface area contributed by atoms with Crippen LogP contribution in [0.2, 0.25) is 0 Å². The summed E-state index contributed by atoms with van der Waals surface area (Å²) in [6.45, 7) is 7.41. The zero-order valence-electron chi connectivity index (χ0n) is 8.96. The molecule has 0 amide bonds. The smallest absolute Gasteiger partial charge is 0.0640 e. The monoisotopic (exact) mass is 181 g/mol. The molecule has 0 spiro atoms. The molecule has 0 bridgehead atoms. The van der Waals surface area contributed by atoms with E-state index in [0.717, 1.165) is 13.0 Å². The summed E-state index contributed by atoms with van der Waals surface area (Å²) in [4.78, 5) is 0. The first kappa shape index (κ1) is 10.3. The number of nitrogens with one attached hydrogen (secondary N) is 1. The molecular weight excluding hydrogens is 162 g/mol. The molecule has 0 atom stereocenters. The van der Waals surface area contributed by atoms with Crippen LogP contribution in [0, 0.1) is 6.92 Å². The second-order valence-electron chi connectivity index (χ2n) is 3.67. The Morgan fingerprint density at radius 2 is 2.23 bits per heavy atom. The van der Waals surface area contributed by atoms with Crippen LogP contribution in [0.25, 0.3) is 0 Å². The van der Waals surface area contributed by atoms with Gasteiger partial charge in [0, 0.05) is 24.7 Å². The van der Waals surface area contributed by atoms with Crippen LogP contribution in [0.4, 0.5) is 0 Å². The van der Waals surface area contributed by atoms with Crippen molar-refractivity contribution >= 4 is 0 Å². The highest BCUT2D eigenvalue weighted by Gasteiger charge is 2.05. The lowest BCUT2D eigenvalue weighted by atomic mass is 10.3. The summed E-state index contributed by atoms with van der Waals surface area (Å²) in [7, 11) is 1.96. The SMILES string of the molecule is CNCCc1cc(C)n(C(C)C)n1. The van der Waals surface area contributed by atoms with Gasteiger partial charge in [0.05, 0.1) is 5.69 Å². The van der Waals surface area contributed by atoms with E-state index in [-0.39, 0.29) is 0 Å². The van der Waals surface area contributed by atoms with Crippen LogP contribution in [-0.4, -0.2) is 23.4 Å². The third-order valence-electron chi connectivity index (χ3n) is 2.09. The quantitative estimate of drug-likeness (QED) is 0.763. The Bertz CT molecular complexity index is 263. The van der Waals surface area contributed by atoms with Gasteiger partial charge in [-0.1, -0.05) is 0 Å². The van der Waals surface area contributed by atoms with Crippen LogP contribution >= 0.6 is 0 Å². The first-order chi connectivity index (χ1) is 6.15. The average molecular weight is 181 g/mol. The van der Waals surface area contributed by atoms with E-state index in [0.29, 0.717) is 6.04 Å². The van der Waals surface area contributed by atoms with E-state index in [4.69, 9.17) is 0 Å². The highest BCUT2D eigenvalue weighted by molar-refractivity contribution is 5.09. The number of hydrogen-bond donors (Lipinski definition) is 1. The van der Waals surface area contributed by atoms with E-state index < -0.39 is 0 Å². The second kappa shape index (κ2) is 4.42. The van der Waals surface area contributed by atoms with Crippen LogP contribution in [0.15, 0.2) is 6.07 Å². The van der Waals surface area contributed by atoms with Crippen molar-refractivity contribution in [3.05, 3.63) is 17.5 Å². The normalized spacial score (nSPS) is 11.2. The van der Waals surface area contributed by atoms with Gasteiger partial charge in [-0.2, -0.15) is 5.10 Å². The lowest BCUT2D eigenvalue weighted by Gasteiger charge is -2.06. The summed E-state index contributed by atoms with van der Waals surface area (Å²) in [5.74, 6) is 0. The van der Waals surface area contributed by atoms with Crippen LogP contribution in [-0.2, 0) is 6.42 Å². The van der Waals surface area contributed by atoms with E-state index in [1.807, 2.05) is 7.05 Å². The van der Waals surface area contributed by atoms with Gasteiger partial charge in [-0.15, -0.1) is 0 Å². The molecule has 0 saturated carbocycles. The van der Waals surface area contributed by atoms with Crippen molar-refractivity contribution in [2.24, 2.45) is 0 Å². The largest absolute Gasteiger partial charge is 0.319 e. The fourth-order valence-electron chi connectivity index (χ4n) is 1.45. The topological polar surface area (TPSA) is 29.9 Å². The summed E-state index contributed by atoms with van der Waals surface area (Å²) in [6, 6.07) is 2.63. The molecule has 1 aromatic heterocycles. The molecule has 0 unspecified atom stereocenters. The van der Waals surface area contributed by atoms with Gasteiger partial charge >= 0.3 is 0 Å². The van der Waals surface area contributed by atoms with Gasteiger partial charge in [-0.05, 0) is 33.9 Å². The first-order valence-corrected chi connectivity index (χ1v) is 4.84. The molecule has 0 fully saturated rings. The number of rotatable bonds is 4. The summed E-state index contributed by atoms with van der Waals surface area (Å²) >= 11 is 0. The molecule has 1 aromatic rings. The highest BCUT2D eigenvalue weighted by atomic mass is 15.3. The molecule has 0 aliphatic carbocycles. The second-order valence-corrected chi connectivity index (χ2v) is 3.67. The zero-order chi connectivity index (χ0) is 9.84. The maximum atomic E-state index is 4.52. The van der Waals surface area contributed by atoms with Crippen LogP contribution in [0.5, 0.6) is 0 Å². The molecule has 0 aromatic carbocycles. The lowest BCUT2D eigenvalue weighted by molar-refractivity contribution is 0.513. The maximum Gasteiger partial charge on any atom is 0.0640 e. The maximum absolute atomic E-state index is 4.52. The summed E-state index contributed by atoms with van der Waals surface area (Å²) in [5.41, 5.74) is 2.43. The Balaban J connectivity index is 2.71. The zero-order valence-corrected chi connectivity index (χ0v) is 8.96. The minimum absolute atomic E-state index is 0.461. The Hall–Kier alpha value is -0.830. The molecule has 74 valence electrons.